The summed E-state index contributed by atoms with van der Waals surface area (Å²) in [6.45, 7) is 10.2. The second kappa shape index (κ2) is 10.1. The first-order valence-corrected chi connectivity index (χ1v) is 14.7. The molecule has 3 fully saturated rings. The van der Waals surface area contributed by atoms with Gasteiger partial charge in [0.1, 0.15) is 12.2 Å². The third-order valence-corrected chi connectivity index (χ3v) is 11.2. The van der Waals surface area contributed by atoms with E-state index in [0.717, 1.165) is 37.9 Å². The average Bonchev–Trinajstić information content (AvgIpc) is 3.33. The molecule has 0 unspecified atom stereocenters. The van der Waals surface area contributed by atoms with E-state index in [1.54, 1.807) is 6.92 Å². The lowest BCUT2D eigenvalue weighted by Gasteiger charge is -2.58. The molecule has 5 nitrogen and oxygen atoms in total. The smallest absolute Gasteiger partial charge is 0.490 e. The van der Waals surface area contributed by atoms with Gasteiger partial charge in [-0.2, -0.15) is 13.2 Å². The number of alkyl halides is 3. The molecule has 0 N–H and O–H groups in total. The third-order valence-electron chi connectivity index (χ3n) is 11.2. The van der Waals surface area contributed by atoms with Gasteiger partial charge in [-0.15, -0.1) is 0 Å². The van der Waals surface area contributed by atoms with Crippen molar-refractivity contribution in [2.45, 2.75) is 111 Å². The van der Waals surface area contributed by atoms with Gasteiger partial charge in [-0.1, -0.05) is 32.4 Å². The Hall–Kier alpha value is -1.99. The minimum absolute atomic E-state index is 0.0112. The second-order valence-electron chi connectivity index (χ2n) is 13.5. The van der Waals surface area contributed by atoms with E-state index in [9.17, 15) is 22.8 Å². The largest absolute Gasteiger partial charge is 0.494 e. The number of ether oxygens (including phenoxy) is 3. The highest BCUT2D eigenvalue weighted by Crippen LogP contribution is 2.69. The highest BCUT2D eigenvalue weighted by molar-refractivity contribution is 5.75. The first-order chi connectivity index (χ1) is 18.2. The molecule has 0 amide bonds. The fourth-order valence-electron chi connectivity index (χ4n) is 9.31. The monoisotopic (exact) mass is 552 g/mol. The van der Waals surface area contributed by atoms with E-state index in [4.69, 9.17) is 9.47 Å². The van der Waals surface area contributed by atoms with Crippen molar-refractivity contribution in [2.75, 3.05) is 6.61 Å². The van der Waals surface area contributed by atoms with Crippen LogP contribution in [0.1, 0.15) is 92.4 Å². The number of hydrogen-bond acceptors (Lipinski definition) is 5. The van der Waals surface area contributed by atoms with Crippen molar-refractivity contribution in [3.05, 3.63) is 23.0 Å². The van der Waals surface area contributed by atoms with E-state index in [0.29, 0.717) is 36.5 Å². The van der Waals surface area contributed by atoms with Crippen molar-refractivity contribution in [3.63, 3.8) is 0 Å². The van der Waals surface area contributed by atoms with Crippen LogP contribution in [0.5, 0.6) is 0 Å². The molecule has 1 heterocycles. The summed E-state index contributed by atoms with van der Waals surface area (Å²) >= 11 is 0. The van der Waals surface area contributed by atoms with Crippen LogP contribution in [0.15, 0.2) is 23.0 Å². The van der Waals surface area contributed by atoms with Crippen LogP contribution in [0.4, 0.5) is 13.2 Å². The molecule has 9 atom stereocenters. The van der Waals surface area contributed by atoms with Crippen molar-refractivity contribution >= 4 is 11.9 Å². The van der Waals surface area contributed by atoms with Gasteiger partial charge in [0.2, 0.25) is 0 Å². The third kappa shape index (κ3) is 5.03. The van der Waals surface area contributed by atoms with E-state index >= 15 is 0 Å². The molecule has 3 saturated carbocycles. The van der Waals surface area contributed by atoms with Gasteiger partial charge in [-0.25, -0.2) is 4.79 Å². The van der Waals surface area contributed by atoms with Gasteiger partial charge in [0, 0.05) is 25.7 Å². The van der Waals surface area contributed by atoms with E-state index < -0.39 is 12.1 Å². The Morgan fingerprint density at radius 3 is 2.62 bits per heavy atom. The molecule has 0 aromatic carbocycles. The molecule has 4 aliphatic carbocycles. The second-order valence-corrected chi connectivity index (χ2v) is 13.5. The van der Waals surface area contributed by atoms with Gasteiger partial charge >= 0.3 is 18.1 Å². The Labute approximate surface area is 229 Å². The number of carbonyl (C=O) groups excluding carboxylic acids is 2. The summed E-state index contributed by atoms with van der Waals surface area (Å²) in [5.41, 5.74) is 3.17. The molecule has 0 aromatic rings. The Bertz CT molecular complexity index is 1060. The van der Waals surface area contributed by atoms with Crippen LogP contribution < -0.4 is 0 Å². The van der Waals surface area contributed by atoms with Crippen molar-refractivity contribution in [3.8, 4) is 0 Å². The van der Waals surface area contributed by atoms with Crippen molar-refractivity contribution in [1.29, 1.82) is 0 Å². The standard InChI is InChI=1S/C31H43F3O5/c1-17(16-37-28(36)31(32,33)34)6-9-25-18(2)27-26(39-25)15-24-22-8-7-20-14-21(38-19(3)35)10-12-29(20,4)23(22)11-13-30(24,27)5/h7,17,21-24,26-27H,6,8-16H2,1-5H3/t17-,21+,22-,23+,24+,26+,27+,29+,30+/m1/s1. The van der Waals surface area contributed by atoms with Crippen molar-refractivity contribution in [1.82, 2.24) is 0 Å². The lowest BCUT2D eigenvalue weighted by Crippen LogP contribution is -2.50. The molecule has 0 spiro atoms. The Kier molecular flexibility index (Phi) is 7.41. The van der Waals surface area contributed by atoms with Gasteiger partial charge in [0.05, 0.1) is 12.4 Å². The maximum absolute atomic E-state index is 12.4. The average molecular weight is 553 g/mol. The zero-order chi connectivity index (χ0) is 28.3. The van der Waals surface area contributed by atoms with Gasteiger partial charge in [0.15, 0.2) is 0 Å². The summed E-state index contributed by atoms with van der Waals surface area (Å²) in [6.07, 6.45) is 6.37. The number of esters is 2. The molecule has 1 aliphatic heterocycles. The molecule has 5 rings (SSSR count). The van der Waals surface area contributed by atoms with Gasteiger partial charge < -0.3 is 14.2 Å². The molecule has 0 aromatic heterocycles. The molecular weight excluding hydrogens is 509 g/mol. The summed E-state index contributed by atoms with van der Waals surface area (Å²) < 4.78 is 53.9. The number of allylic oxidation sites excluding steroid dienone is 2. The quantitative estimate of drug-likeness (QED) is 0.256. The lowest BCUT2D eigenvalue weighted by molar-refractivity contribution is -0.200. The summed E-state index contributed by atoms with van der Waals surface area (Å²) in [4.78, 5) is 22.6. The zero-order valence-corrected chi connectivity index (χ0v) is 23.9. The van der Waals surface area contributed by atoms with Crippen LogP contribution in [0.2, 0.25) is 0 Å². The molecule has 5 aliphatic rings. The predicted molar refractivity (Wildman–Crippen MR) is 139 cm³/mol. The topological polar surface area (TPSA) is 61.8 Å². The van der Waals surface area contributed by atoms with Crippen LogP contribution in [-0.2, 0) is 23.8 Å². The number of fused-ring (bicyclic) bond motifs is 7. The summed E-state index contributed by atoms with van der Waals surface area (Å²) in [5.74, 6) is 0.766. The van der Waals surface area contributed by atoms with Crippen LogP contribution in [0, 0.1) is 40.4 Å². The first kappa shape index (κ1) is 28.5. The zero-order valence-electron chi connectivity index (χ0n) is 23.9. The molecule has 0 radical (unpaired) electrons. The molecule has 0 bridgehead atoms. The fraction of sp³-hybridized carbons (Fsp3) is 0.806. The minimum Gasteiger partial charge on any atom is -0.494 e. The highest BCUT2D eigenvalue weighted by atomic mass is 19.4. The van der Waals surface area contributed by atoms with Crippen molar-refractivity contribution < 1.29 is 37.0 Å². The predicted octanol–water partition coefficient (Wildman–Crippen LogP) is 7.30. The lowest BCUT2D eigenvalue weighted by atomic mass is 9.47. The molecule has 39 heavy (non-hydrogen) atoms. The highest BCUT2D eigenvalue weighted by Gasteiger charge is 2.63. The maximum atomic E-state index is 12.4. The molecule has 218 valence electrons. The molecular formula is C31H43F3O5. The van der Waals surface area contributed by atoms with Crippen LogP contribution in [-0.4, -0.2) is 36.9 Å². The number of halogens is 3. The van der Waals surface area contributed by atoms with E-state index in [-0.39, 0.29) is 41.5 Å². The number of hydrogen-bond donors (Lipinski definition) is 0. The normalized spacial score (nSPS) is 39.9. The van der Waals surface area contributed by atoms with Crippen molar-refractivity contribution in [2.24, 2.45) is 40.4 Å². The number of carbonyl (C=O) groups is 2. The summed E-state index contributed by atoms with van der Waals surface area (Å²) in [5, 5.41) is 0. The molecule has 0 saturated heterocycles. The van der Waals surface area contributed by atoms with E-state index in [1.165, 1.54) is 30.9 Å². The van der Waals surface area contributed by atoms with Crippen LogP contribution in [0.25, 0.3) is 0 Å². The van der Waals surface area contributed by atoms with Gasteiger partial charge in [0.25, 0.3) is 0 Å². The van der Waals surface area contributed by atoms with Gasteiger partial charge in [-0.05, 0) is 91.9 Å². The van der Waals surface area contributed by atoms with E-state index in [1.807, 2.05) is 0 Å². The Balaban J connectivity index is 1.24. The maximum Gasteiger partial charge on any atom is 0.490 e. The Morgan fingerprint density at radius 2 is 1.92 bits per heavy atom. The van der Waals surface area contributed by atoms with Crippen LogP contribution in [0.3, 0.4) is 0 Å². The first-order valence-electron chi connectivity index (χ1n) is 14.7. The molecule has 8 heteroatoms. The Morgan fingerprint density at radius 1 is 1.18 bits per heavy atom. The summed E-state index contributed by atoms with van der Waals surface area (Å²) in [6, 6.07) is 0. The SMILES string of the molecule is CC(=O)O[C@H]1CC[C@@]2(C)C(=CC[C@H]3[C@@H]4C[C@@H]5OC(CC[C@@H](C)COC(=O)C(F)(F)F)=C(C)[C@@H]5[C@@]4(C)CC[C@@H]32)C1. The minimum atomic E-state index is -4.95. The van der Waals surface area contributed by atoms with Crippen LogP contribution >= 0.6 is 0 Å². The van der Waals surface area contributed by atoms with E-state index in [2.05, 4.69) is 31.6 Å². The van der Waals surface area contributed by atoms with Gasteiger partial charge in [-0.3, -0.25) is 4.79 Å². The number of rotatable bonds is 6. The fourth-order valence-corrected chi connectivity index (χ4v) is 9.31. The summed E-state index contributed by atoms with van der Waals surface area (Å²) in [7, 11) is 0.